The zero-order chi connectivity index (χ0) is 44.7. The van der Waals surface area contributed by atoms with Crippen molar-refractivity contribution in [2.45, 2.75) is 122 Å². The second-order valence-corrected chi connectivity index (χ2v) is 15.7. The van der Waals surface area contributed by atoms with Crippen LogP contribution in [0.3, 0.4) is 0 Å². The van der Waals surface area contributed by atoms with Crippen molar-refractivity contribution < 1.29 is 54.0 Å². The van der Waals surface area contributed by atoms with Gasteiger partial charge >= 0.3 is 5.97 Å². The molecule has 0 spiro atoms. The number of fused-ring (bicyclic) bond motifs is 5. The molecule has 60 heavy (non-hydrogen) atoms. The van der Waals surface area contributed by atoms with Crippen LogP contribution in [0, 0.1) is 5.92 Å². The number of rotatable bonds is 19. The smallest absolute Gasteiger partial charge is 0.326 e. The third-order valence-corrected chi connectivity index (χ3v) is 11.1. The summed E-state index contributed by atoms with van der Waals surface area (Å²) in [5.74, 6) is -5.52. The molecule has 6 amide bonds. The quantitative estimate of drug-likeness (QED) is 0.0955. The van der Waals surface area contributed by atoms with Gasteiger partial charge in [-0.2, -0.15) is 0 Å². The van der Waals surface area contributed by atoms with Crippen LogP contribution in [0.4, 0.5) is 0 Å². The first-order chi connectivity index (χ1) is 28.4. The number of phenolic OH excluding ortho intramolecular Hbond substituents is 2. The fourth-order valence-corrected chi connectivity index (χ4v) is 6.88. The SMILES string of the molecule is CC[C@H](C)CCCCCCCCC(=O)N(C)[C@H](CO)C(=O)N[C@H](C)C(=O)NCC(=O)N(C)[C@H]1C(=O)N[C@@H](C)C(=O)N[C@H](C(=O)O)Cc2ccc(O)c(c2)-c2cc1ccc2O. The summed E-state index contributed by atoms with van der Waals surface area (Å²) in [5.41, 5.74) is 0.723. The Labute approximate surface area is 351 Å². The van der Waals surface area contributed by atoms with Crippen molar-refractivity contribution in [3.8, 4) is 22.6 Å². The fraction of sp³-hybridized carbons (Fsp3) is 0.558. The average molecular weight is 839 g/mol. The monoisotopic (exact) mass is 838 g/mol. The normalized spacial score (nSPS) is 18.1. The molecule has 2 aromatic carbocycles. The van der Waals surface area contributed by atoms with E-state index in [1.165, 1.54) is 83.6 Å². The Morgan fingerprint density at radius 2 is 1.45 bits per heavy atom. The molecule has 0 aromatic heterocycles. The number of benzene rings is 2. The summed E-state index contributed by atoms with van der Waals surface area (Å²) in [6.07, 6.45) is 8.39. The van der Waals surface area contributed by atoms with Gasteiger partial charge in [0.2, 0.25) is 35.4 Å². The number of nitrogens with zero attached hydrogens (tertiary/aromatic N) is 2. The Kier molecular flexibility index (Phi) is 18.8. The Balaban J connectivity index is 1.68. The molecule has 2 aromatic rings. The molecule has 0 aliphatic carbocycles. The van der Waals surface area contributed by atoms with E-state index in [9.17, 15) is 54.0 Å². The van der Waals surface area contributed by atoms with Gasteiger partial charge in [-0.15, -0.1) is 0 Å². The third-order valence-electron chi connectivity index (χ3n) is 11.1. The van der Waals surface area contributed by atoms with E-state index in [-0.39, 0.29) is 46.9 Å². The Hall–Kier alpha value is -5.71. The maximum atomic E-state index is 13.9. The number of aliphatic hydroxyl groups excluding tert-OH is 1. The summed E-state index contributed by atoms with van der Waals surface area (Å²) >= 11 is 0. The fourth-order valence-electron chi connectivity index (χ4n) is 6.88. The Morgan fingerprint density at radius 3 is 2.08 bits per heavy atom. The molecule has 1 aliphatic heterocycles. The zero-order valence-corrected chi connectivity index (χ0v) is 35.5. The zero-order valence-electron chi connectivity index (χ0n) is 35.5. The van der Waals surface area contributed by atoms with Crippen molar-refractivity contribution in [1.82, 2.24) is 31.1 Å². The van der Waals surface area contributed by atoms with Gasteiger partial charge in [-0.1, -0.05) is 70.9 Å². The molecular formula is C43H62N6O11. The van der Waals surface area contributed by atoms with Gasteiger partial charge in [-0.25, -0.2) is 4.79 Å². The number of likely N-dealkylation sites (N-methyl/N-ethyl adjacent to an activating group) is 2. The minimum atomic E-state index is -1.47. The number of aliphatic hydroxyl groups is 1. The number of phenols is 2. The first kappa shape index (κ1) is 48.7. The lowest BCUT2D eigenvalue weighted by Crippen LogP contribution is -2.55. The predicted molar refractivity (Wildman–Crippen MR) is 222 cm³/mol. The standard InChI is InChI=1S/C43H62N6O11/c1-7-25(2)14-12-10-8-9-11-13-15-36(53)48(5)33(24-50)41(57)45-26(3)39(55)44-23-37(54)49(6)38-29-17-19-35(52)31(22-29)30-20-28(16-18-34(30)51)21-32(43(59)60)47-40(56)27(4)46-42(38)58/h16-20,22,25-27,32-33,38,50-52H,7-15,21,23-24H2,1-6H3,(H,44,55)(H,45,57)(H,46,58)(H,47,56)(H,59,60)/t25-,26+,27-,32-,33+,38+/m0/s1. The highest BCUT2D eigenvalue weighted by molar-refractivity contribution is 5.96. The van der Waals surface area contributed by atoms with Crippen molar-refractivity contribution in [2.75, 3.05) is 27.2 Å². The molecular weight excluding hydrogens is 777 g/mol. The van der Waals surface area contributed by atoms with Crippen LogP contribution < -0.4 is 21.3 Å². The molecule has 0 saturated carbocycles. The highest BCUT2D eigenvalue weighted by Crippen LogP contribution is 2.38. The number of carbonyl (C=O) groups is 7. The number of carboxylic acids is 1. The largest absolute Gasteiger partial charge is 0.507 e. The average Bonchev–Trinajstić information content (AvgIpc) is 3.21. The van der Waals surface area contributed by atoms with Crippen molar-refractivity contribution in [3.05, 3.63) is 47.5 Å². The first-order valence-corrected chi connectivity index (χ1v) is 20.6. The molecule has 0 unspecified atom stereocenters. The molecule has 17 heteroatoms. The van der Waals surface area contributed by atoms with Crippen LogP contribution in [-0.4, -0.2) is 123 Å². The number of hydrogen-bond acceptors (Lipinski definition) is 10. The molecule has 0 radical (unpaired) electrons. The van der Waals surface area contributed by atoms with E-state index in [1.807, 2.05) is 0 Å². The van der Waals surface area contributed by atoms with Crippen LogP contribution in [-0.2, 0) is 40.0 Å². The van der Waals surface area contributed by atoms with Gasteiger partial charge in [0.25, 0.3) is 0 Å². The van der Waals surface area contributed by atoms with Crippen LogP contribution in [0.1, 0.15) is 103 Å². The van der Waals surface area contributed by atoms with Gasteiger partial charge in [0.05, 0.1) is 13.2 Å². The van der Waals surface area contributed by atoms with Crippen molar-refractivity contribution >= 4 is 41.4 Å². The number of hydrogen-bond donors (Lipinski definition) is 8. The summed E-state index contributed by atoms with van der Waals surface area (Å²) in [6.45, 7) is 5.80. The number of carboxylic acid groups (broad SMARTS) is 1. The number of amides is 6. The maximum Gasteiger partial charge on any atom is 0.326 e. The van der Waals surface area contributed by atoms with Gasteiger partial charge in [0.15, 0.2) is 0 Å². The van der Waals surface area contributed by atoms with Crippen LogP contribution >= 0.6 is 0 Å². The van der Waals surface area contributed by atoms with E-state index >= 15 is 0 Å². The lowest BCUT2D eigenvalue weighted by Gasteiger charge is -2.30. The summed E-state index contributed by atoms with van der Waals surface area (Å²) in [6, 6.07) is 1.62. The van der Waals surface area contributed by atoms with Crippen molar-refractivity contribution in [3.63, 3.8) is 0 Å². The van der Waals surface area contributed by atoms with Crippen LogP contribution in [0.15, 0.2) is 36.4 Å². The maximum absolute atomic E-state index is 13.9. The second kappa shape index (κ2) is 23.2. The van der Waals surface area contributed by atoms with Gasteiger partial charge in [0, 0.05) is 38.1 Å². The number of nitrogens with one attached hydrogen (secondary N) is 4. The lowest BCUT2D eigenvalue weighted by molar-refractivity contribution is -0.143. The van der Waals surface area contributed by atoms with Crippen molar-refractivity contribution in [1.29, 1.82) is 0 Å². The third kappa shape index (κ3) is 13.7. The van der Waals surface area contributed by atoms with Crippen LogP contribution in [0.25, 0.3) is 11.1 Å². The van der Waals surface area contributed by atoms with E-state index in [4.69, 9.17) is 0 Å². The number of unbranched alkanes of at least 4 members (excludes halogenated alkanes) is 5. The minimum Gasteiger partial charge on any atom is -0.507 e. The topological polar surface area (TPSA) is 255 Å². The molecule has 17 nitrogen and oxygen atoms in total. The number of aliphatic carboxylic acids is 1. The van der Waals surface area contributed by atoms with Crippen LogP contribution in [0.5, 0.6) is 11.5 Å². The summed E-state index contributed by atoms with van der Waals surface area (Å²) in [5, 5.41) is 51.2. The molecule has 4 bridgehead atoms. The first-order valence-electron chi connectivity index (χ1n) is 20.6. The summed E-state index contributed by atoms with van der Waals surface area (Å²) in [7, 11) is 2.69. The summed E-state index contributed by atoms with van der Waals surface area (Å²) < 4.78 is 0. The predicted octanol–water partition coefficient (Wildman–Crippen LogP) is 2.50. The number of aromatic hydroxyl groups is 2. The van der Waals surface area contributed by atoms with E-state index < -0.39 is 78.9 Å². The second-order valence-electron chi connectivity index (χ2n) is 15.7. The van der Waals surface area contributed by atoms with E-state index in [0.29, 0.717) is 12.0 Å². The highest BCUT2D eigenvalue weighted by Gasteiger charge is 2.34. The molecule has 8 N–H and O–H groups in total. The van der Waals surface area contributed by atoms with Gasteiger partial charge in [-0.3, -0.25) is 28.8 Å². The molecule has 0 saturated heterocycles. The molecule has 1 aliphatic rings. The minimum absolute atomic E-state index is 0.0659. The molecule has 0 fully saturated rings. The highest BCUT2D eigenvalue weighted by atomic mass is 16.4. The lowest BCUT2D eigenvalue weighted by atomic mass is 9.94. The summed E-state index contributed by atoms with van der Waals surface area (Å²) in [4.78, 5) is 93.8. The Bertz CT molecular complexity index is 1860. The van der Waals surface area contributed by atoms with Crippen molar-refractivity contribution in [2.24, 2.45) is 5.92 Å². The number of carbonyl (C=O) groups excluding carboxylic acids is 6. The van der Waals surface area contributed by atoms with Gasteiger partial charge in [0.1, 0.15) is 41.7 Å². The van der Waals surface area contributed by atoms with Crippen LogP contribution in [0.2, 0.25) is 0 Å². The molecule has 1 heterocycles. The molecule has 3 rings (SSSR count). The molecule has 6 atom stereocenters. The van der Waals surface area contributed by atoms with Gasteiger partial charge < -0.3 is 51.5 Å². The van der Waals surface area contributed by atoms with E-state index in [0.717, 1.165) is 41.4 Å². The van der Waals surface area contributed by atoms with E-state index in [2.05, 4.69) is 35.1 Å². The Morgan fingerprint density at radius 1 is 0.833 bits per heavy atom. The van der Waals surface area contributed by atoms with Gasteiger partial charge in [-0.05, 0) is 61.6 Å². The van der Waals surface area contributed by atoms with E-state index in [1.54, 1.807) is 0 Å². The molecule has 330 valence electrons.